The summed E-state index contributed by atoms with van der Waals surface area (Å²) in [6.45, 7) is 3.94. The summed E-state index contributed by atoms with van der Waals surface area (Å²) in [6.07, 6.45) is 4.24. The Kier molecular flexibility index (Phi) is 5.05. The van der Waals surface area contributed by atoms with E-state index in [2.05, 4.69) is 20.5 Å². The monoisotopic (exact) mass is 288 g/mol. The van der Waals surface area contributed by atoms with Crippen molar-refractivity contribution in [1.29, 1.82) is 0 Å². The van der Waals surface area contributed by atoms with E-state index >= 15 is 0 Å². The molecule has 0 unspecified atom stereocenters. The minimum Gasteiger partial charge on any atom is -0.394 e. The SMILES string of the molecule is CC[C@@H](C)[C@@H](CO)NC(=O)c1cc(-c2ccncc2)n[nH]1. The zero-order chi connectivity index (χ0) is 15.2. The van der Waals surface area contributed by atoms with Crippen LogP contribution in [0.4, 0.5) is 0 Å². The topological polar surface area (TPSA) is 90.9 Å². The Morgan fingerprint density at radius 1 is 1.43 bits per heavy atom. The molecule has 2 aromatic rings. The molecule has 0 aromatic carbocycles. The molecule has 6 nitrogen and oxygen atoms in total. The fourth-order valence-corrected chi connectivity index (χ4v) is 2.01. The highest BCUT2D eigenvalue weighted by molar-refractivity contribution is 5.93. The summed E-state index contributed by atoms with van der Waals surface area (Å²) < 4.78 is 0. The Morgan fingerprint density at radius 3 is 2.76 bits per heavy atom. The number of aliphatic hydroxyl groups excluding tert-OH is 1. The van der Waals surface area contributed by atoms with Crippen molar-refractivity contribution >= 4 is 5.91 Å². The number of nitrogens with zero attached hydrogens (tertiary/aromatic N) is 2. The number of nitrogens with one attached hydrogen (secondary N) is 2. The fraction of sp³-hybridized carbons (Fsp3) is 0.400. The first kappa shape index (κ1) is 15.2. The summed E-state index contributed by atoms with van der Waals surface area (Å²) >= 11 is 0. The molecule has 0 saturated heterocycles. The summed E-state index contributed by atoms with van der Waals surface area (Å²) in [6, 6.07) is 5.09. The van der Waals surface area contributed by atoms with Gasteiger partial charge in [-0.25, -0.2) is 0 Å². The van der Waals surface area contributed by atoms with Gasteiger partial charge in [0.05, 0.1) is 18.3 Å². The van der Waals surface area contributed by atoms with Crippen LogP contribution >= 0.6 is 0 Å². The molecule has 2 rings (SSSR count). The van der Waals surface area contributed by atoms with Crippen molar-refractivity contribution < 1.29 is 9.90 Å². The van der Waals surface area contributed by atoms with E-state index in [1.165, 1.54) is 0 Å². The Hall–Kier alpha value is -2.21. The molecule has 2 heterocycles. The molecule has 0 aliphatic heterocycles. The molecule has 1 amide bonds. The Bertz CT molecular complexity index is 582. The Labute approximate surface area is 123 Å². The van der Waals surface area contributed by atoms with E-state index < -0.39 is 0 Å². The second kappa shape index (κ2) is 6.99. The maximum atomic E-state index is 12.2. The van der Waals surface area contributed by atoms with Gasteiger partial charge in [-0.1, -0.05) is 20.3 Å². The zero-order valence-electron chi connectivity index (χ0n) is 12.2. The quantitative estimate of drug-likeness (QED) is 0.753. The van der Waals surface area contributed by atoms with Gasteiger partial charge in [-0.2, -0.15) is 5.10 Å². The number of aromatic amines is 1. The van der Waals surface area contributed by atoms with E-state index in [1.54, 1.807) is 18.5 Å². The molecule has 2 atom stereocenters. The molecule has 0 aliphatic rings. The lowest BCUT2D eigenvalue weighted by atomic mass is 10.00. The van der Waals surface area contributed by atoms with E-state index in [1.807, 2.05) is 26.0 Å². The third kappa shape index (κ3) is 3.66. The molecule has 0 spiro atoms. The van der Waals surface area contributed by atoms with Crippen molar-refractivity contribution in [2.45, 2.75) is 26.3 Å². The molecular weight excluding hydrogens is 268 g/mol. The normalized spacial score (nSPS) is 13.7. The van der Waals surface area contributed by atoms with Crippen LogP contribution in [0.3, 0.4) is 0 Å². The number of pyridine rings is 1. The molecule has 0 radical (unpaired) electrons. The highest BCUT2D eigenvalue weighted by Crippen LogP contribution is 2.16. The van der Waals surface area contributed by atoms with Crippen LogP contribution in [0.2, 0.25) is 0 Å². The van der Waals surface area contributed by atoms with Gasteiger partial charge in [0.2, 0.25) is 0 Å². The lowest BCUT2D eigenvalue weighted by Crippen LogP contribution is -2.42. The fourth-order valence-electron chi connectivity index (χ4n) is 2.01. The smallest absolute Gasteiger partial charge is 0.269 e. The van der Waals surface area contributed by atoms with E-state index in [0.29, 0.717) is 11.4 Å². The number of hydrogen-bond donors (Lipinski definition) is 3. The number of H-pyrrole nitrogens is 1. The van der Waals surface area contributed by atoms with E-state index in [0.717, 1.165) is 12.0 Å². The summed E-state index contributed by atoms with van der Waals surface area (Å²) in [5.74, 6) is -0.0521. The molecule has 0 saturated carbocycles. The largest absolute Gasteiger partial charge is 0.394 e. The Morgan fingerprint density at radius 2 is 2.14 bits per heavy atom. The lowest BCUT2D eigenvalue weighted by Gasteiger charge is -2.21. The molecule has 21 heavy (non-hydrogen) atoms. The second-order valence-corrected chi connectivity index (χ2v) is 5.05. The highest BCUT2D eigenvalue weighted by Gasteiger charge is 2.19. The number of aromatic nitrogens is 3. The molecule has 0 bridgehead atoms. The standard InChI is InChI=1S/C15H20N4O2/c1-3-10(2)14(9-20)17-15(21)13-8-12(18-19-13)11-4-6-16-7-5-11/h4-8,10,14,20H,3,9H2,1-2H3,(H,17,21)(H,18,19)/t10-,14-/m1/s1. The van der Waals surface area contributed by atoms with E-state index in [4.69, 9.17) is 0 Å². The van der Waals surface area contributed by atoms with Crippen molar-refractivity contribution in [2.75, 3.05) is 6.61 Å². The number of carbonyl (C=O) groups excluding carboxylic acids is 1. The molecule has 112 valence electrons. The first-order chi connectivity index (χ1) is 10.2. The van der Waals surface area contributed by atoms with Gasteiger partial charge in [-0.05, 0) is 24.1 Å². The predicted octanol–water partition coefficient (Wildman–Crippen LogP) is 1.61. The van der Waals surface area contributed by atoms with Crippen LogP contribution in [0, 0.1) is 5.92 Å². The van der Waals surface area contributed by atoms with Crippen LogP contribution in [-0.2, 0) is 0 Å². The lowest BCUT2D eigenvalue weighted by molar-refractivity contribution is 0.0886. The van der Waals surface area contributed by atoms with Crippen LogP contribution in [0.1, 0.15) is 30.8 Å². The van der Waals surface area contributed by atoms with Gasteiger partial charge < -0.3 is 10.4 Å². The van der Waals surface area contributed by atoms with E-state index in [-0.39, 0.29) is 24.5 Å². The van der Waals surface area contributed by atoms with Gasteiger partial charge in [-0.3, -0.25) is 14.9 Å². The van der Waals surface area contributed by atoms with Crippen LogP contribution < -0.4 is 5.32 Å². The molecule has 2 aromatic heterocycles. The summed E-state index contributed by atoms with van der Waals surface area (Å²) in [7, 11) is 0. The van der Waals surface area contributed by atoms with Crippen LogP contribution in [0.5, 0.6) is 0 Å². The average Bonchev–Trinajstić information content (AvgIpc) is 3.02. The van der Waals surface area contributed by atoms with Gasteiger partial charge in [0.1, 0.15) is 5.69 Å². The minimum absolute atomic E-state index is 0.0773. The predicted molar refractivity (Wildman–Crippen MR) is 79.6 cm³/mol. The van der Waals surface area contributed by atoms with Gasteiger partial charge in [0.15, 0.2) is 0 Å². The van der Waals surface area contributed by atoms with Crippen LogP contribution in [0.25, 0.3) is 11.3 Å². The molecule has 3 N–H and O–H groups in total. The summed E-state index contributed by atoms with van der Waals surface area (Å²) in [5, 5.41) is 19.0. The first-order valence-corrected chi connectivity index (χ1v) is 7.03. The zero-order valence-corrected chi connectivity index (χ0v) is 12.2. The van der Waals surface area contributed by atoms with Crippen molar-refractivity contribution in [1.82, 2.24) is 20.5 Å². The van der Waals surface area contributed by atoms with Gasteiger partial charge >= 0.3 is 0 Å². The van der Waals surface area contributed by atoms with Crippen molar-refractivity contribution in [2.24, 2.45) is 5.92 Å². The van der Waals surface area contributed by atoms with E-state index in [9.17, 15) is 9.90 Å². The molecule has 6 heteroatoms. The number of carbonyl (C=O) groups is 1. The van der Waals surface area contributed by atoms with Gasteiger partial charge in [0, 0.05) is 18.0 Å². The maximum absolute atomic E-state index is 12.2. The van der Waals surface area contributed by atoms with Crippen molar-refractivity contribution in [3.05, 3.63) is 36.3 Å². The number of rotatable bonds is 6. The molecule has 0 aliphatic carbocycles. The third-order valence-electron chi connectivity index (χ3n) is 3.64. The maximum Gasteiger partial charge on any atom is 0.269 e. The number of hydrogen-bond acceptors (Lipinski definition) is 4. The van der Waals surface area contributed by atoms with Crippen molar-refractivity contribution in [3.8, 4) is 11.3 Å². The summed E-state index contributed by atoms with van der Waals surface area (Å²) in [5.41, 5.74) is 1.95. The highest BCUT2D eigenvalue weighted by atomic mass is 16.3. The number of amides is 1. The Balaban J connectivity index is 2.09. The van der Waals surface area contributed by atoms with Crippen LogP contribution in [-0.4, -0.2) is 38.8 Å². The number of aliphatic hydroxyl groups is 1. The van der Waals surface area contributed by atoms with Gasteiger partial charge in [-0.15, -0.1) is 0 Å². The first-order valence-electron chi connectivity index (χ1n) is 7.03. The minimum atomic E-state index is -0.262. The van der Waals surface area contributed by atoms with Crippen molar-refractivity contribution in [3.63, 3.8) is 0 Å². The van der Waals surface area contributed by atoms with Gasteiger partial charge in [0.25, 0.3) is 5.91 Å². The van der Waals surface area contributed by atoms with Crippen LogP contribution in [0.15, 0.2) is 30.6 Å². The molecular formula is C15H20N4O2. The molecule has 0 fully saturated rings. The second-order valence-electron chi connectivity index (χ2n) is 5.05. The average molecular weight is 288 g/mol. The summed E-state index contributed by atoms with van der Waals surface area (Å²) in [4.78, 5) is 16.1. The third-order valence-corrected chi connectivity index (χ3v) is 3.64.